The molecule has 2 N–H and O–H groups in total. The number of carbonyl (C=O) groups excluding carboxylic acids is 2. The third-order valence-corrected chi connectivity index (χ3v) is 3.91. The average molecular weight is 360 g/mol. The summed E-state index contributed by atoms with van der Waals surface area (Å²) in [6.45, 7) is 0.643. The van der Waals surface area contributed by atoms with Gasteiger partial charge < -0.3 is 10.6 Å². The van der Waals surface area contributed by atoms with Crippen molar-refractivity contribution in [3.8, 4) is 0 Å². The van der Waals surface area contributed by atoms with Crippen LogP contribution in [-0.2, 0) is 11.3 Å². The summed E-state index contributed by atoms with van der Waals surface area (Å²) in [5.74, 6) is 0.0836. The van der Waals surface area contributed by atoms with Crippen LogP contribution in [0, 0.1) is 0 Å². The number of aromatic nitrogens is 2. The van der Waals surface area contributed by atoms with Crippen LogP contribution in [0.1, 0.15) is 21.5 Å². The summed E-state index contributed by atoms with van der Waals surface area (Å²) in [6.07, 6.45) is 4.94. The molecule has 3 aromatic rings. The van der Waals surface area contributed by atoms with E-state index >= 15 is 0 Å². The van der Waals surface area contributed by atoms with Crippen LogP contribution in [0.25, 0.3) is 6.08 Å². The van der Waals surface area contributed by atoms with Gasteiger partial charge in [0.25, 0.3) is 5.91 Å². The van der Waals surface area contributed by atoms with Gasteiger partial charge in [-0.1, -0.05) is 42.5 Å². The molecule has 27 heavy (non-hydrogen) atoms. The Morgan fingerprint density at radius 3 is 2.48 bits per heavy atom. The van der Waals surface area contributed by atoms with E-state index in [9.17, 15) is 9.59 Å². The Balaban J connectivity index is 1.56. The van der Waals surface area contributed by atoms with Crippen LogP contribution < -0.4 is 10.6 Å². The van der Waals surface area contributed by atoms with Gasteiger partial charge in [0.15, 0.2) is 5.82 Å². The first-order chi connectivity index (χ1) is 13.1. The summed E-state index contributed by atoms with van der Waals surface area (Å²) in [4.78, 5) is 23.6. The molecular formula is C21H20N4O2. The van der Waals surface area contributed by atoms with E-state index < -0.39 is 0 Å². The van der Waals surface area contributed by atoms with E-state index in [-0.39, 0.29) is 11.8 Å². The molecule has 2 amide bonds. The highest BCUT2D eigenvalue weighted by atomic mass is 16.2. The Labute approximate surface area is 157 Å². The van der Waals surface area contributed by atoms with Gasteiger partial charge in [0.2, 0.25) is 5.91 Å². The molecule has 0 saturated heterocycles. The van der Waals surface area contributed by atoms with Crippen molar-refractivity contribution in [1.82, 2.24) is 15.1 Å². The van der Waals surface area contributed by atoms with Crippen LogP contribution in [0.15, 0.2) is 72.9 Å². The Kier molecular flexibility index (Phi) is 5.79. The number of carbonyl (C=O) groups is 2. The molecule has 1 heterocycles. The van der Waals surface area contributed by atoms with Crippen molar-refractivity contribution >= 4 is 23.7 Å². The Hall–Kier alpha value is -3.67. The third kappa shape index (κ3) is 5.15. The molecule has 0 bridgehead atoms. The van der Waals surface area contributed by atoms with Crippen LogP contribution in [0.2, 0.25) is 0 Å². The van der Waals surface area contributed by atoms with Crippen molar-refractivity contribution in [3.63, 3.8) is 0 Å². The summed E-state index contributed by atoms with van der Waals surface area (Å²) < 4.78 is 1.77. The maximum Gasteiger partial charge on any atom is 0.251 e. The first-order valence-corrected chi connectivity index (χ1v) is 8.52. The highest BCUT2D eigenvalue weighted by Gasteiger charge is 2.04. The first-order valence-electron chi connectivity index (χ1n) is 8.52. The molecule has 0 fully saturated rings. The minimum Gasteiger partial charge on any atom is -0.355 e. The summed E-state index contributed by atoms with van der Waals surface area (Å²) in [7, 11) is 1.58. The second kappa shape index (κ2) is 8.62. The fourth-order valence-corrected chi connectivity index (χ4v) is 2.52. The lowest BCUT2D eigenvalue weighted by molar-refractivity contribution is -0.111. The zero-order valence-corrected chi connectivity index (χ0v) is 14.9. The van der Waals surface area contributed by atoms with Crippen LogP contribution in [0.5, 0.6) is 0 Å². The van der Waals surface area contributed by atoms with Gasteiger partial charge in [0, 0.05) is 31.0 Å². The lowest BCUT2D eigenvalue weighted by Gasteiger charge is -2.02. The van der Waals surface area contributed by atoms with Crippen LogP contribution in [0.4, 0.5) is 5.82 Å². The van der Waals surface area contributed by atoms with Crippen molar-refractivity contribution in [2.75, 3.05) is 12.4 Å². The van der Waals surface area contributed by atoms with Crippen molar-refractivity contribution in [3.05, 3.63) is 89.6 Å². The molecule has 6 nitrogen and oxygen atoms in total. The number of nitrogens with zero attached hydrogens (tertiary/aromatic N) is 2. The number of hydrogen-bond donors (Lipinski definition) is 2. The van der Waals surface area contributed by atoms with Crippen LogP contribution in [0.3, 0.4) is 0 Å². The molecule has 0 spiro atoms. The summed E-state index contributed by atoms with van der Waals surface area (Å²) in [6, 6.07) is 18.7. The molecule has 0 saturated carbocycles. The van der Waals surface area contributed by atoms with Gasteiger partial charge in [-0.15, -0.1) is 0 Å². The maximum absolute atomic E-state index is 12.1. The summed E-state index contributed by atoms with van der Waals surface area (Å²) >= 11 is 0. The number of anilines is 1. The Morgan fingerprint density at radius 1 is 1.04 bits per heavy atom. The van der Waals surface area contributed by atoms with Gasteiger partial charge in [-0.2, -0.15) is 5.10 Å². The molecule has 6 heteroatoms. The molecule has 0 radical (unpaired) electrons. The molecular weight excluding hydrogens is 340 g/mol. The highest BCUT2D eigenvalue weighted by Crippen LogP contribution is 2.08. The second-order valence-electron chi connectivity index (χ2n) is 5.91. The quantitative estimate of drug-likeness (QED) is 0.664. The minimum atomic E-state index is -0.268. The molecule has 2 aromatic carbocycles. The van der Waals surface area contributed by atoms with E-state index in [4.69, 9.17) is 0 Å². The topological polar surface area (TPSA) is 76.0 Å². The van der Waals surface area contributed by atoms with Gasteiger partial charge in [0.05, 0.1) is 6.54 Å². The molecule has 136 valence electrons. The molecule has 0 atom stereocenters. The monoisotopic (exact) mass is 360 g/mol. The maximum atomic E-state index is 12.1. The standard InChI is InChI=1S/C21H20N4O2/c1-22-21(27)18-10-7-16(8-11-18)9-12-20(26)23-19-13-14-25(24-19)15-17-5-3-2-4-6-17/h2-14H,15H2,1H3,(H,22,27)(H,23,24,26)/b12-9+. The lowest BCUT2D eigenvalue weighted by Crippen LogP contribution is -2.17. The predicted octanol–water partition coefficient (Wildman–Crippen LogP) is 2.94. The number of amides is 2. The van der Waals surface area contributed by atoms with Gasteiger partial charge in [-0.3, -0.25) is 14.3 Å². The smallest absolute Gasteiger partial charge is 0.251 e. The van der Waals surface area contributed by atoms with Crippen molar-refractivity contribution in [2.24, 2.45) is 0 Å². The normalized spacial score (nSPS) is 10.7. The molecule has 0 aliphatic heterocycles. The van der Waals surface area contributed by atoms with Gasteiger partial charge in [-0.05, 0) is 29.3 Å². The minimum absolute atomic E-state index is 0.144. The van der Waals surface area contributed by atoms with Gasteiger partial charge >= 0.3 is 0 Å². The van der Waals surface area contributed by atoms with E-state index in [1.54, 1.807) is 48.1 Å². The number of nitrogens with one attached hydrogen (secondary N) is 2. The molecule has 0 aliphatic rings. The second-order valence-corrected chi connectivity index (χ2v) is 5.91. The first kappa shape index (κ1) is 18.1. The zero-order chi connectivity index (χ0) is 19.1. The lowest BCUT2D eigenvalue weighted by atomic mass is 10.1. The Bertz CT molecular complexity index is 944. The average Bonchev–Trinajstić information content (AvgIpc) is 3.13. The summed E-state index contributed by atoms with van der Waals surface area (Å²) in [5.41, 5.74) is 2.54. The van der Waals surface area contributed by atoms with Crippen molar-refractivity contribution in [1.29, 1.82) is 0 Å². The van der Waals surface area contributed by atoms with Crippen LogP contribution >= 0.6 is 0 Å². The predicted molar refractivity (Wildman–Crippen MR) is 105 cm³/mol. The van der Waals surface area contributed by atoms with Gasteiger partial charge in [0.1, 0.15) is 0 Å². The van der Waals surface area contributed by atoms with E-state index in [1.807, 2.05) is 36.5 Å². The largest absolute Gasteiger partial charge is 0.355 e. The van der Waals surface area contributed by atoms with Crippen molar-refractivity contribution in [2.45, 2.75) is 6.54 Å². The third-order valence-electron chi connectivity index (χ3n) is 3.91. The van der Waals surface area contributed by atoms with Crippen molar-refractivity contribution < 1.29 is 9.59 Å². The number of benzene rings is 2. The summed E-state index contributed by atoms with van der Waals surface area (Å²) in [5, 5.41) is 9.65. The van der Waals surface area contributed by atoms with Crippen LogP contribution in [-0.4, -0.2) is 28.6 Å². The zero-order valence-electron chi connectivity index (χ0n) is 14.9. The molecule has 1 aromatic heterocycles. The van der Waals surface area contributed by atoms with E-state index in [2.05, 4.69) is 15.7 Å². The molecule has 0 aliphatic carbocycles. The van der Waals surface area contributed by atoms with Gasteiger partial charge in [-0.25, -0.2) is 0 Å². The number of hydrogen-bond acceptors (Lipinski definition) is 3. The fourth-order valence-electron chi connectivity index (χ4n) is 2.52. The Morgan fingerprint density at radius 2 is 1.78 bits per heavy atom. The molecule has 0 unspecified atom stereocenters. The van der Waals surface area contributed by atoms with E-state index in [0.29, 0.717) is 17.9 Å². The number of rotatable bonds is 6. The van der Waals surface area contributed by atoms with E-state index in [1.165, 1.54) is 6.08 Å². The molecule has 3 rings (SSSR count). The SMILES string of the molecule is CNC(=O)c1ccc(/C=C/C(=O)Nc2ccn(Cc3ccccc3)n2)cc1. The highest BCUT2D eigenvalue weighted by molar-refractivity contribution is 6.01. The van der Waals surface area contributed by atoms with E-state index in [0.717, 1.165) is 11.1 Å². The fraction of sp³-hybridized carbons (Fsp3) is 0.0952.